The SMILES string of the molecule is CC(=O)Oc1cc(OC(C)=O)c2c(c1)O[C@@H](c1ccc(OC(C)=O)c(OC(C)=O)c1)[C@H](OC(C)=O)[C@H]2OC(C)=O. The third kappa shape index (κ3) is 7.34. The average molecular weight is 558 g/mol. The van der Waals surface area contributed by atoms with Crippen molar-refractivity contribution in [1.29, 1.82) is 0 Å². The number of carbonyl (C=O) groups is 6. The van der Waals surface area contributed by atoms with Gasteiger partial charge in [-0.1, -0.05) is 6.07 Å². The summed E-state index contributed by atoms with van der Waals surface area (Å²) in [5.41, 5.74) is 0.272. The van der Waals surface area contributed by atoms with E-state index in [9.17, 15) is 28.8 Å². The Morgan fingerprint density at radius 1 is 0.600 bits per heavy atom. The molecule has 1 heterocycles. The highest BCUT2D eigenvalue weighted by Crippen LogP contribution is 2.51. The molecule has 0 aromatic heterocycles. The van der Waals surface area contributed by atoms with Crippen molar-refractivity contribution < 1.29 is 61.9 Å². The van der Waals surface area contributed by atoms with E-state index in [1.807, 2.05) is 0 Å². The van der Waals surface area contributed by atoms with E-state index < -0.39 is 54.1 Å². The summed E-state index contributed by atoms with van der Waals surface area (Å²) < 4.78 is 38.0. The molecule has 0 spiro atoms. The summed E-state index contributed by atoms with van der Waals surface area (Å²) in [6.07, 6.45) is -3.95. The van der Waals surface area contributed by atoms with Gasteiger partial charge in [-0.2, -0.15) is 0 Å². The number of rotatable bonds is 7. The molecule has 0 N–H and O–H groups in total. The first-order chi connectivity index (χ1) is 18.7. The molecule has 0 saturated carbocycles. The minimum atomic E-state index is -1.37. The largest absolute Gasteiger partial charge is 0.481 e. The van der Waals surface area contributed by atoms with E-state index in [0.717, 1.165) is 41.5 Å². The fourth-order valence-corrected chi connectivity index (χ4v) is 4.00. The number of hydrogen-bond donors (Lipinski definition) is 0. The molecule has 0 amide bonds. The van der Waals surface area contributed by atoms with Crippen molar-refractivity contribution in [1.82, 2.24) is 0 Å². The number of hydrogen-bond acceptors (Lipinski definition) is 13. The van der Waals surface area contributed by atoms with Crippen LogP contribution in [0.3, 0.4) is 0 Å². The highest BCUT2D eigenvalue weighted by atomic mass is 16.6. The van der Waals surface area contributed by atoms with Crippen molar-refractivity contribution in [2.75, 3.05) is 0 Å². The van der Waals surface area contributed by atoms with Crippen molar-refractivity contribution in [3.8, 4) is 28.7 Å². The van der Waals surface area contributed by atoms with Crippen LogP contribution in [0.25, 0.3) is 0 Å². The van der Waals surface area contributed by atoms with Gasteiger partial charge in [-0.3, -0.25) is 28.8 Å². The molecule has 13 heteroatoms. The molecule has 1 aliphatic rings. The molecular weight excluding hydrogens is 532 g/mol. The van der Waals surface area contributed by atoms with Crippen molar-refractivity contribution >= 4 is 35.8 Å². The maximum absolute atomic E-state index is 12.2. The minimum absolute atomic E-state index is 0.0283. The molecule has 3 atom stereocenters. The smallest absolute Gasteiger partial charge is 0.308 e. The van der Waals surface area contributed by atoms with E-state index in [2.05, 4.69) is 0 Å². The van der Waals surface area contributed by atoms with Crippen LogP contribution in [0.5, 0.6) is 28.7 Å². The molecule has 0 saturated heterocycles. The molecule has 1 aliphatic heterocycles. The summed E-state index contributed by atoms with van der Waals surface area (Å²) in [7, 11) is 0. The number of carbonyl (C=O) groups excluding carboxylic acids is 6. The van der Waals surface area contributed by atoms with E-state index >= 15 is 0 Å². The Bertz CT molecular complexity index is 1380. The molecule has 0 aliphatic carbocycles. The Kier molecular flexibility index (Phi) is 9.09. The summed E-state index contributed by atoms with van der Waals surface area (Å²) in [5.74, 6) is -4.82. The Morgan fingerprint density at radius 3 is 1.70 bits per heavy atom. The summed E-state index contributed by atoms with van der Waals surface area (Å²) in [4.78, 5) is 71.2. The van der Waals surface area contributed by atoms with Gasteiger partial charge in [0.15, 0.2) is 29.8 Å². The van der Waals surface area contributed by atoms with Gasteiger partial charge >= 0.3 is 35.8 Å². The van der Waals surface area contributed by atoms with Crippen LogP contribution >= 0.6 is 0 Å². The molecule has 0 bridgehead atoms. The zero-order chi connectivity index (χ0) is 29.7. The van der Waals surface area contributed by atoms with Crippen LogP contribution in [0.2, 0.25) is 0 Å². The van der Waals surface area contributed by atoms with E-state index in [-0.39, 0.29) is 39.9 Å². The summed E-state index contributed by atoms with van der Waals surface area (Å²) >= 11 is 0. The Labute approximate surface area is 228 Å². The lowest BCUT2D eigenvalue weighted by molar-refractivity contribution is -0.178. The third-order valence-electron chi connectivity index (χ3n) is 5.13. The molecule has 0 radical (unpaired) electrons. The van der Waals surface area contributed by atoms with Crippen LogP contribution in [-0.2, 0) is 38.2 Å². The second-order valence-electron chi connectivity index (χ2n) is 8.56. The molecule has 2 aromatic carbocycles. The van der Waals surface area contributed by atoms with Crippen LogP contribution in [0.15, 0.2) is 30.3 Å². The topological polar surface area (TPSA) is 167 Å². The van der Waals surface area contributed by atoms with Crippen molar-refractivity contribution in [3.05, 3.63) is 41.5 Å². The predicted molar refractivity (Wildman–Crippen MR) is 132 cm³/mol. The average Bonchev–Trinajstić information content (AvgIpc) is 2.79. The maximum Gasteiger partial charge on any atom is 0.308 e. The molecule has 0 unspecified atom stereocenters. The van der Waals surface area contributed by atoms with Crippen LogP contribution in [0, 0.1) is 0 Å². The van der Waals surface area contributed by atoms with Gasteiger partial charge < -0.3 is 33.2 Å². The first-order valence-corrected chi connectivity index (χ1v) is 11.8. The minimum Gasteiger partial charge on any atom is -0.481 e. The second-order valence-corrected chi connectivity index (χ2v) is 8.56. The number of fused-ring (bicyclic) bond motifs is 1. The van der Waals surface area contributed by atoms with Gasteiger partial charge in [0.1, 0.15) is 17.2 Å². The molecule has 40 heavy (non-hydrogen) atoms. The zero-order valence-corrected chi connectivity index (χ0v) is 22.4. The van der Waals surface area contributed by atoms with Gasteiger partial charge in [-0.05, 0) is 12.1 Å². The van der Waals surface area contributed by atoms with Crippen LogP contribution in [-0.4, -0.2) is 41.9 Å². The predicted octanol–water partition coefficient (Wildman–Crippen LogP) is 3.06. The van der Waals surface area contributed by atoms with E-state index in [1.54, 1.807) is 0 Å². The van der Waals surface area contributed by atoms with Gasteiger partial charge in [-0.15, -0.1) is 0 Å². The van der Waals surface area contributed by atoms with E-state index in [4.69, 9.17) is 33.2 Å². The fourth-order valence-electron chi connectivity index (χ4n) is 4.00. The van der Waals surface area contributed by atoms with Crippen molar-refractivity contribution in [2.24, 2.45) is 0 Å². The lowest BCUT2D eigenvalue weighted by Crippen LogP contribution is -2.40. The number of ether oxygens (including phenoxy) is 7. The van der Waals surface area contributed by atoms with Gasteiger partial charge in [0, 0.05) is 59.2 Å². The fraction of sp³-hybridized carbons (Fsp3) is 0.333. The standard InChI is InChI=1S/C27H26O13/c1-12(28)34-19-10-22(37-15(4)31)24-23(11-19)40-25(27(39-17(6)33)26(24)38-16(5)32)18-7-8-20(35-13(2)29)21(9-18)36-14(3)30/h7-11,25-27H,1-6H3/t25-,26-,27-/m0/s1. The third-order valence-corrected chi connectivity index (χ3v) is 5.13. The molecular formula is C27H26O13. The molecule has 3 rings (SSSR count). The quantitative estimate of drug-likeness (QED) is 0.359. The first-order valence-electron chi connectivity index (χ1n) is 11.8. The molecule has 0 fully saturated rings. The highest BCUT2D eigenvalue weighted by Gasteiger charge is 2.46. The normalized spacial score (nSPS) is 17.3. The summed E-state index contributed by atoms with van der Waals surface area (Å²) in [6.45, 7) is 6.84. The number of esters is 6. The molecule has 212 valence electrons. The second kappa shape index (κ2) is 12.3. The number of benzene rings is 2. The zero-order valence-electron chi connectivity index (χ0n) is 22.4. The summed E-state index contributed by atoms with van der Waals surface area (Å²) in [6, 6.07) is 6.63. The van der Waals surface area contributed by atoms with Crippen LogP contribution < -0.4 is 23.7 Å². The monoisotopic (exact) mass is 558 g/mol. The van der Waals surface area contributed by atoms with Crippen LogP contribution in [0.4, 0.5) is 0 Å². The maximum atomic E-state index is 12.2. The first kappa shape index (κ1) is 29.6. The molecule has 13 nitrogen and oxygen atoms in total. The van der Waals surface area contributed by atoms with E-state index in [1.165, 1.54) is 30.3 Å². The Morgan fingerprint density at radius 2 is 1.15 bits per heavy atom. The van der Waals surface area contributed by atoms with Crippen molar-refractivity contribution in [3.63, 3.8) is 0 Å². The van der Waals surface area contributed by atoms with Gasteiger partial charge in [-0.25, -0.2) is 0 Å². The van der Waals surface area contributed by atoms with Gasteiger partial charge in [0.05, 0.1) is 5.56 Å². The lowest BCUT2D eigenvalue weighted by atomic mass is 9.90. The van der Waals surface area contributed by atoms with Gasteiger partial charge in [0.25, 0.3) is 0 Å². The Balaban J connectivity index is 2.27. The lowest BCUT2D eigenvalue weighted by Gasteiger charge is -2.39. The van der Waals surface area contributed by atoms with Crippen LogP contribution in [0.1, 0.15) is 64.9 Å². The Hall–Kier alpha value is -4.94. The van der Waals surface area contributed by atoms with Crippen molar-refractivity contribution in [2.45, 2.75) is 59.9 Å². The highest BCUT2D eigenvalue weighted by molar-refractivity contribution is 5.75. The summed E-state index contributed by atoms with van der Waals surface area (Å²) in [5, 5.41) is 0. The van der Waals surface area contributed by atoms with Gasteiger partial charge in [0.2, 0.25) is 0 Å². The van der Waals surface area contributed by atoms with E-state index in [0.29, 0.717) is 0 Å². The molecule has 2 aromatic rings.